The third kappa shape index (κ3) is 5.28. The molecule has 0 atom stereocenters. The summed E-state index contributed by atoms with van der Waals surface area (Å²) in [5.74, 6) is 0.497. The highest BCUT2D eigenvalue weighted by Gasteiger charge is 2.00. The molecular weight excluding hydrogens is 210 g/mol. The van der Waals surface area contributed by atoms with E-state index in [4.69, 9.17) is 9.84 Å². The molecule has 88 valence electrons. The Morgan fingerprint density at radius 1 is 1.44 bits per heavy atom. The van der Waals surface area contributed by atoms with Crippen molar-refractivity contribution in [3.63, 3.8) is 0 Å². The molecule has 0 radical (unpaired) electrons. The largest absolute Gasteiger partial charge is 0.394 e. The second-order valence-electron chi connectivity index (χ2n) is 2.93. The number of urea groups is 1. The summed E-state index contributed by atoms with van der Waals surface area (Å²) in [6.45, 7) is 1.03. The lowest BCUT2D eigenvalue weighted by Crippen LogP contribution is -2.32. The number of hydrogen-bond donors (Lipinski definition) is 3. The molecule has 0 bridgehead atoms. The number of amides is 2. The van der Waals surface area contributed by atoms with Gasteiger partial charge in [-0.1, -0.05) is 6.07 Å². The van der Waals surface area contributed by atoms with Gasteiger partial charge in [-0.05, 0) is 12.1 Å². The molecule has 0 aliphatic rings. The highest BCUT2D eigenvalue weighted by Crippen LogP contribution is 1.98. The van der Waals surface area contributed by atoms with E-state index < -0.39 is 0 Å². The zero-order valence-electron chi connectivity index (χ0n) is 8.85. The van der Waals surface area contributed by atoms with Crippen LogP contribution in [0.2, 0.25) is 0 Å². The van der Waals surface area contributed by atoms with E-state index in [1.807, 2.05) is 0 Å². The van der Waals surface area contributed by atoms with E-state index in [-0.39, 0.29) is 19.2 Å². The zero-order chi connectivity index (χ0) is 11.6. The Labute approximate surface area is 93.6 Å². The summed E-state index contributed by atoms with van der Waals surface area (Å²) < 4.78 is 4.98. The summed E-state index contributed by atoms with van der Waals surface area (Å²) in [7, 11) is 0. The summed E-state index contributed by atoms with van der Waals surface area (Å²) in [5, 5.41) is 13.6. The number of aliphatic hydroxyl groups is 1. The van der Waals surface area contributed by atoms with Crippen LogP contribution in [0.5, 0.6) is 0 Å². The number of anilines is 1. The fraction of sp³-hybridized carbons (Fsp3) is 0.400. The second kappa shape index (κ2) is 7.61. The molecule has 0 aliphatic carbocycles. The minimum atomic E-state index is -0.328. The van der Waals surface area contributed by atoms with Crippen molar-refractivity contribution in [2.24, 2.45) is 0 Å². The Bertz CT molecular complexity index is 305. The first-order valence-electron chi connectivity index (χ1n) is 4.97. The van der Waals surface area contributed by atoms with E-state index in [0.717, 1.165) is 0 Å². The van der Waals surface area contributed by atoms with Crippen LogP contribution in [0.3, 0.4) is 0 Å². The van der Waals surface area contributed by atoms with E-state index in [2.05, 4.69) is 15.6 Å². The summed E-state index contributed by atoms with van der Waals surface area (Å²) in [6, 6.07) is 4.92. The second-order valence-corrected chi connectivity index (χ2v) is 2.93. The molecule has 3 N–H and O–H groups in total. The molecule has 6 heteroatoms. The van der Waals surface area contributed by atoms with E-state index in [1.54, 1.807) is 24.4 Å². The number of aliphatic hydroxyl groups excluding tert-OH is 1. The Morgan fingerprint density at radius 3 is 3.00 bits per heavy atom. The number of hydrogen-bond acceptors (Lipinski definition) is 4. The minimum absolute atomic E-state index is 0.0138. The first-order valence-corrected chi connectivity index (χ1v) is 4.97. The van der Waals surface area contributed by atoms with Crippen molar-refractivity contribution in [1.29, 1.82) is 0 Å². The van der Waals surface area contributed by atoms with Gasteiger partial charge in [-0.25, -0.2) is 9.78 Å². The fourth-order valence-electron chi connectivity index (χ4n) is 1.00. The topological polar surface area (TPSA) is 83.5 Å². The van der Waals surface area contributed by atoms with Gasteiger partial charge in [0.25, 0.3) is 0 Å². The predicted octanol–water partition coefficient (Wildman–Crippen LogP) is 0.212. The molecule has 1 rings (SSSR count). The predicted molar refractivity (Wildman–Crippen MR) is 59.2 cm³/mol. The monoisotopic (exact) mass is 225 g/mol. The number of carbonyl (C=O) groups excluding carboxylic acids is 1. The highest BCUT2D eigenvalue weighted by atomic mass is 16.5. The van der Waals surface area contributed by atoms with Crippen LogP contribution >= 0.6 is 0 Å². The lowest BCUT2D eigenvalue weighted by Gasteiger charge is -2.06. The molecule has 16 heavy (non-hydrogen) atoms. The molecule has 6 nitrogen and oxygen atoms in total. The van der Waals surface area contributed by atoms with E-state index >= 15 is 0 Å². The molecule has 0 fully saturated rings. The van der Waals surface area contributed by atoms with Crippen LogP contribution in [0, 0.1) is 0 Å². The normalized spacial score (nSPS) is 9.81. The van der Waals surface area contributed by atoms with Crippen molar-refractivity contribution in [3.8, 4) is 0 Å². The third-order valence-corrected chi connectivity index (χ3v) is 1.67. The summed E-state index contributed by atoms with van der Waals surface area (Å²) in [6.07, 6.45) is 1.60. The molecule has 0 saturated carbocycles. The zero-order valence-corrected chi connectivity index (χ0v) is 8.85. The molecule has 1 heterocycles. The Balaban J connectivity index is 2.12. The number of ether oxygens (including phenoxy) is 1. The number of nitrogens with one attached hydrogen (secondary N) is 2. The SMILES string of the molecule is O=C(NCCOCCO)Nc1ccccn1. The van der Waals surface area contributed by atoms with Gasteiger partial charge < -0.3 is 15.2 Å². The first kappa shape index (κ1) is 12.4. The number of aromatic nitrogens is 1. The average Bonchev–Trinajstić information content (AvgIpc) is 2.30. The fourth-order valence-corrected chi connectivity index (χ4v) is 1.00. The van der Waals surface area contributed by atoms with Gasteiger partial charge >= 0.3 is 6.03 Å². The molecule has 2 amide bonds. The van der Waals surface area contributed by atoms with Crippen molar-refractivity contribution in [3.05, 3.63) is 24.4 Å². The molecular formula is C10H15N3O3. The van der Waals surface area contributed by atoms with Crippen LogP contribution in [-0.4, -0.2) is 42.5 Å². The maximum atomic E-state index is 11.3. The molecule has 0 saturated heterocycles. The Morgan fingerprint density at radius 2 is 2.31 bits per heavy atom. The molecule has 0 spiro atoms. The first-order chi connectivity index (χ1) is 7.83. The summed E-state index contributed by atoms with van der Waals surface area (Å²) in [5.41, 5.74) is 0. The smallest absolute Gasteiger partial charge is 0.320 e. The average molecular weight is 225 g/mol. The van der Waals surface area contributed by atoms with Crippen LogP contribution in [0.4, 0.5) is 10.6 Å². The number of rotatable bonds is 6. The van der Waals surface area contributed by atoms with E-state index in [9.17, 15) is 4.79 Å². The van der Waals surface area contributed by atoms with Crippen molar-refractivity contribution >= 4 is 11.8 Å². The quantitative estimate of drug-likeness (QED) is 0.604. The van der Waals surface area contributed by atoms with Gasteiger partial charge in [0.1, 0.15) is 5.82 Å². The molecule has 0 aliphatic heterocycles. The maximum Gasteiger partial charge on any atom is 0.320 e. The van der Waals surface area contributed by atoms with Gasteiger partial charge in [-0.3, -0.25) is 5.32 Å². The Hall–Kier alpha value is -1.66. The van der Waals surface area contributed by atoms with Gasteiger partial charge in [0.15, 0.2) is 0 Å². The summed E-state index contributed by atoms with van der Waals surface area (Å²) in [4.78, 5) is 15.2. The van der Waals surface area contributed by atoms with E-state index in [0.29, 0.717) is 19.0 Å². The maximum absolute atomic E-state index is 11.3. The van der Waals surface area contributed by atoms with Crippen molar-refractivity contribution in [2.45, 2.75) is 0 Å². The van der Waals surface area contributed by atoms with Crippen LogP contribution in [-0.2, 0) is 4.74 Å². The van der Waals surface area contributed by atoms with Crippen LogP contribution in [0.25, 0.3) is 0 Å². The summed E-state index contributed by atoms with van der Waals surface area (Å²) >= 11 is 0. The lowest BCUT2D eigenvalue weighted by atomic mass is 10.5. The van der Waals surface area contributed by atoms with Crippen LogP contribution in [0.1, 0.15) is 0 Å². The lowest BCUT2D eigenvalue weighted by molar-refractivity contribution is 0.0950. The van der Waals surface area contributed by atoms with Crippen LogP contribution < -0.4 is 10.6 Å². The van der Waals surface area contributed by atoms with Gasteiger partial charge in [-0.15, -0.1) is 0 Å². The Kier molecular flexibility index (Phi) is 5.90. The number of pyridine rings is 1. The minimum Gasteiger partial charge on any atom is -0.394 e. The number of nitrogens with zero attached hydrogens (tertiary/aromatic N) is 1. The van der Waals surface area contributed by atoms with Crippen molar-refractivity contribution in [2.75, 3.05) is 31.7 Å². The molecule has 1 aromatic rings. The van der Waals surface area contributed by atoms with Crippen molar-refractivity contribution in [1.82, 2.24) is 10.3 Å². The standard InChI is InChI=1S/C10H15N3O3/c14-6-8-16-7-5-12-10(15)13-9-3-1-2-4-11-9/h1-4,14H,5-8H2,(H2,11,12,13,15). The van der Waals surface area contributed by atoms with Gasteiger partial charge in [0.2, 0.25) is 0 Å². The van der Waals surface area contributed by atoms with E-state index in [1.165, 1.54) is 0 Å². The third-order valence-electron chi connectivity index (χ3n) is 1.67. The van der Waals surface area contributed by atoms with Gasteiger partial charge in [0.05, 0.1) is 19.8 Å². The molecule has 0 unspecified atom stereocenters. The molecule has 0 aromatic carbocycles. The van der Waals surface area contributed by atoms with Gasteiger partial charge in [-0.2, -0.15) is 0 Å². The highest BCUT2D eigenvalue weighted by molar-refractivity contribution is 5.88. The van der Waals surface area contributed by atoms with Gasteiger partial charge in [0, 0.05) is 12.7 Å². The number of carbonyl (C=O) groups is 1. The van der Waals surface area contributed by atoms with Crippen LogP contribution in [0.15, 0.2) is 24.4 Å². The molecule has 1 aromatic heterocycles. The van der Waals surface area contributed by atoms with Crippen molar-refractivity contribution < 1.29 is 14.6 Å².